The Bertz CT molecular complexity index is 539. The van der Waals surface area contributed by atoms with Crippen LogP contribution < -0.4 is 0 Å². The molecule has 4 heteroatoms. The normalized spacial score (nSPS) is 10.5. The van der Waals surface area contributed by atoms with E-state index in [1.807, 2.05) is 18.2 Å². The molecule has 0 spiro atoms. The molecule has 4 nitrogen and oxygen atoms in total. The van der Waals surface area contributed by atoms with Gasteiger partial charge in [0.05, 0.1) is 12.7 Å². The highest BCUT2D eigenvalue weighted by atomic mass is 16.4. The van der Waals surface area contributed by atoms with Gasteiger partial charge in [-0.1, -0.05) is 24.3 Å². The highest BCUT2D eigenvalue weighted by Crippen LogP contribution is 2.22. The molecule has 0 aliphatic heterocycles. The summed E-state index contributed by atoms with van der Waals surface area (Å²) in [4.78, 5) is 22.0. The van der Waals surface area contributed by atoms with Crippen molar-refractivity contribution in [3.63, 3.8) is 0 Å². The summed E-state index contributed by atoms with van der Waals surface area (Å²) in [6.45, 7) is 0. The number of Topliss-reactive ketones (excluding diaryl/α,β-unsaturated/α-hetero) is 1. The maximum absolute atomic E-state index is 11.7. The second-order valence-electron chi connectivity index (χ2n) is 3.47. The van der Waals surface area contributed by atoms with Gasteiger partial charge in [0, 0.05) is 17.2 Å². The molecule has 0 atom stereocenters. The zero-order valence-corrected chi connectivity index (χ0v) is 8.47. The van der Waals surface area contributed by atoms with Crippen LogP contribution in [0.5, 0.6) is 0 Å². The maximum atomic E-state index is 11.7. The fraction of sp³-hybridized carbons (Fsp3) is 0.167. The molecule has 0 radical (unpaired) electrons. The van der Waals surface area contributed by atoms with Crippen LogP contribution in [0.15, 0.2) is 34.9 Å². The Morgan fingerprint density at radius 2 is 1.94 bits per heavy atom. The van der Waals surface area contributed by atoms with Crippen LogP contribution in [0.2, 0.25) is 0 Å². The Balaban J connectivity index is 2.26. The van der Waals surface area contributed by atoms with Crippen molar-refractivity contribution in [1.82, 2.24) is 0 Å². The van der Waals surface area contributed by atoms with Crippen molar-refractivity contribution in [2.45, 2.75) is 12.8 Å². The molecule has 2 rings (SSSR count). The maximum Gasteiger partial charge on any atom is 0.303 e. The molecule has 0 amide bonds. The molecule has 0 fully saturated rings. The third-order valence-corrected chi connectivity index (χ3v) is 2.33. The molecule has 82 valence electrons. The van der Waals surface area contributed by atoms with Crippen molar-refractivity contribution in [3.8, 4) is 0 Å². The Labute approximate surface area is 91.5 Å². The molecule has 2 aromatic rings. The van der Waals surface area contributed by atoms with E-state index in [9.17, 15) is 9.59 Å². The lowest BCUT2D eigenvalue weighted by Gasteiger charge is -1.95. The van der Waals surface area contributed by atoms with Crippen LogP contribution in [0, 0.1) is 0 Å². The molecule has 0 saturated carbocycles. The van der Waals surface area contributed by atoms with Gasteiger partial charge in [-0.25, -0.2) is 0 Å². The van der Waals surface area contributed by atoms with Crippen molar-refractivity contribution < 1.29 is 19.1 Å². The number of carbonyl (C=O) groups is 2. The van der Waals surface area contributed by atoms with E-state index in [-0.39, 0.29) is 24.4 Å². The lowest BCUT2D eigenvalue weighted by molar-refractivity contribution is -0.136. The molecule has 0 saturated heterocycles. The first-order valence-corrected chi connectivity index (χ1v) is 4.89. The number of carbonyl (C=O) groups excluding carboxylic acids is 1. The molecular weight excluding hydrogens is 208 g/mol. The quantitative estimate of drug-likeness (QED) is 0.800. The van der Waals surface area contributed by atoms with Crippen LogP contribution in [0.25, 0.3) is 10.8 Å². The average molecular weight is 218 g/mol. The minimum absolute atomic E-state index is 0.0349. The van der Waals surface area contributed by atoms with Crippen molar-refractivity contribution in [1.29, 1.82) is 0 Å². The van der Waals surface area contributed by atoms with Crippen molar-refractivity contribution >= 4 is 22.5 Å². The van der Waals surface area contributed by atoms with E-state index in [0.717, 1.165) is 10.8 Å². The number of carboxylic acid groups (broad SMARTS) is 1. The Morgan fingerprint density at radius 3 is 2.69 bits per heavy atom. The number of fused-ring (bicyclic) bond motifs is 1. The summed E-state index contributed by atoms with van der Waals surface area (Å²) < 4.78 is 5.17. The first-order chi connectivity index (χ1) is 7.68. The molecule has 0 bridgehead atoms. The third kappa shape index (κ3) is 1.95. The van der Waals surface area contributed by atoms with E-state index in [4.69, 9.17) is 9.52 Å². The van der Waals surface area contributed by atoms with Gasteiger partial charge < -0.3 is 9.52 Å². The monoisotopic (exact) mass is 218 g/mol. The van der Waals surface area contributed by atoms with Crippen LogP contribution in [0.1, 0.15) is 23.4 Å². The van der Waals surface area contributed by atoms with Gasteiger partial charge in [-0.15, -0.1) is 0 Å². The van der Waals surface area contributed by atoms with Gasteiger partial charge in [-0.3, -0.25) is 9.59 Å². The van der Waals surface area contributed by atoms with Gasteiger partial charge in [0.1, 0.15) is 0 Å². The number of benzene rings is 1. The predicted octanol–water partition coefficient (Wildman–Crippen LogP) is 2.48. The van der Waals surface area contributed by atoms with Gasteiger partial charge in [0.25, 0.3) is 0 Å². The second kappa shape index (κ2) is 4.18. The number of aliphatic carboxylic acids is 1. The summed E-state index contributed by atoms with van der Waals surface area (Å²) in [6, 6.07) is 7.29. The Morgan fingerprint density at radius 1 is 1.19 bits per heavy atom. The summed E-state index contributed by atoms with van der Waals surface area (Å²) in [7, 11) is 0. The van der Waals surface area contributed by atoms with Gasteiger partial charge in [0.15, 0.2) is 11.5 Å². The molecule has 0 aliphatic carbocycles. The number of ketones is 1. The summed E-state index contributed by atoms with van der Waals surface area (Å²) >= 11 is 0. The summed E-state index contributed by atoms with van der Waals surface area (Å²) in [5.41, 5.74) is 0. The first-order valence-electron chi connectivity index (χ1n) is 4.89. The zero-order valence-electron chi connectivity index (χ0n) is 8.47. The number of hydrogen-bond donors (Lipinski definition) is 1. The van der Waals surface area contributed by atoms with E-state index in [1.54, 1.807) is 6.07 Å². The number of carboxylic acids is 1. The topological polar surface area (TPSA) is 67.5 Å². The standard InChI is InChI=1S/C12H10O4/c13-10(5-6-11(14)15)12-9-4-2-1-3-8(9)7-16-12/h1-4,7H,5-6H2,(H,14,15). The summed E-state index contributed by atoms with van der Waals surface area (Å²) in [5, 5.41) is 10.1. The third-order valence-electron chi connectivity index (χ3n) is 2.33. The molecule has 1 heterocycles. The smallest absolute Gasteiger partial charge is 0.303 e. The molecule has 1 aromatic heterocycles. The Hall–Kier alpha value is -2.10. The molecule has 0 aliphatic rings. The van der Waals surface area contributed by atoms with Gasteiger partial charge in [-0.05, 0) is 0 Å². The Kier molecular flexibility index (Phi) is 2.72. The minimum Gasteiger partial charge on any atom is -0.481 e. The van der Waals surface area contributed by atoms with E-state index < -0.39 is 5.97 Å². The molecule has 16 heavy (non-hydrogen) atoms. The fourth-order valence-corrected chi connectivity index (χ4v) is 1.54. The van der Waals surface area contributed by atoms with Crippen LogP contribution in [-0.4, -0.2) is 16.9 Å². The van der Waals surface area contributed by atoms with Crippen LogP contribution in [0.4, 0.5) is 0 Å². The van der Waals surface area contributed by atoms with E-state index in [0.29, 0.717) is 0 Å². The fourth-order valence-electron chi connectivity index (χ4n) is 1.54. The van der Waals surface area contributed by atoms with Crippen LogP contribution in [-0.2, 0) is 4.79 Å². The molecule has 0 unspecified atom stereocenters. The van der Waals surface area contributed by atoms with Gasteiger partial charge >= 0.3 is 5.97 Å². The average Bonchev–Trinajstić information content (AvgIpc) is 2.69. The number of hydrogen-bond acceptors (Lipinski definition) is 3. The molecule has 1 aromatic carbocycles. The molecule has 1 N–H and O–H groups in total. The van der Waals surface area contributed by atoms with Crippen molar-refractivity contribution in [2.75, 3.05) is 0 Å². The minimum atomic E-state index is -0.982. The summed E-state index contributed by atoms with van der Waals surface area (Å²) in [6.07, 6.45) is 1.30. The lowest BCUT2D eigenvalue weighted by Crippen LogP contribution is -2.02. The number of furan rings is 1. The zero-order chi connectivity index (χ0) is 11.5. The largest absolute Gasteiger partial charge is 0.481 e. The highest BCUT2D eigenvalue weighted by Gasteiger charge is 2.15. The number of rotatable bonds is 4. The SMILES string of the molecule is O=C(O)CCC(=O)c1occ2ccccc12. The van der Waals surface area contributed by atoms with Gasteiger partial charge in [0.2, 0.25) is 0 Å². The van der Waals surface area contributed by atoms with E-state index in [2.05, 4.69) is 0 Å². The first kappa shape index (κ1) is 10.4. The van der Waals surface area contributed by atoms with E-state index in [1.165, 1.54) is 6.26 Å². The van der Waals surface area contributed by atoms with Crippen molar-refractivity contribution in [2.24, 2.45) is 0 Å². The second-order valence-corrected chi connectivity index (χ2v) is 3.47. The van der Waals surface area contributed by atoms with Gasteiger partial charge in [-0.2, -0.15) is 0 Å². The van der Waals surface area contributed by atoms with Crippen LogP contribution >= 0.6 is 0 Å². The highest BCUT2D eigenvalue weighted by molar-refractivity contribution is 6.06. The summed E-state index contributed by atoms with van der Waals surface area (Å²) in [5.74, 6) is -1.01. The lowest BCUT2D eigenvalue weighted by atomic mass is 10.1. The van der Waals surface area contributed by atoms with Crippen molar-refractivity contribution in [3.05, 3.63) is 36.3 Å². The van der Waals surface area contributed by atoms with E-state index >= 15 is 0 Å². The van der Waals surface area contributed by atoms with Crippen LogP contribution in [0.3, 0.4) is 0 Å². The molecular formula is C12H10O4. The predicted molar refractivity (Wildman–Crippen MR) is 57.4 cm³/mol.